The lowest BCUT2D eigenvalue weighted by Crippen LogP contribution is -2.24. The van der Waals surface area contributed by atoms with Crippen LogP contribution < -0.4 is 5.11 Å². The molecule has 0 N–H and O–H groups in total. The van der Waals surface area contributed by atoms with Gasteiger partial charge in [0.05, 0.1) is 11.0 Å². The van der Waals surface area contributed by atoms with Gasteiger partial charge in [-0.25, -0.2) is 0 Å². The molecular weight excluding hydrogens is 196 g/mol. The van der Waals surface area contributed by atoms with Gasteiger partial charge in [0, 0.05) is 10.6 Å². The summed E-state index contributed by atoms with van der Waals surface area (Å²) in [5.41, 5.74) is 0. The number of benzene rings is 1. The number of hydrogen-bond acceptors (Lipinski definition) is 3. The van der Waals surface area contributed by atoms with Crippen molar-refractivity contribution in [1.82, 2.24) is 0 Å². The second kappa shape index (κ2) is 4.38. The van der Waals surface area contributed by atoms with Gasteiger partial charge in [0.2, 0.25) is 0 Å². The molecule has 0 saturated heterocycles. The fraction of sp³-hybridized carbons (Fsp3) is 0.125. The molecule has 1 rings (SSSR count). The van der Waals surface area contributed by atoms with Crippen molar-refractivity contribution in [1.29, 1.82) is 0 Å². The average molecular weight is 202 g/mol. The Hall–Kier alpha value is -0.670. The van der Waals surface area contributed by atoms with E-state index >= 15 is 0 Å². The van der Waals surface area contributed by atoms with Crippen molar-refractivity contribution < 1.29 is 9.90 Å². The van der Waals surface area contributed by atoms with E-state index in [9.17, 15) is 9.90 Å². The van der Waals surface area contributed by atoms with Crippen molar-refractivity contribution in [2.24, 2.45) is 0 Å². The highest BCUT2D eigenvalue weighted by atomic mass is 35.5. The summed E-state index contributed by atoms with van der Waals surface area (Å²) in [7, 11) is 0. The fourth-order valence-corrected chi connectivity index (χ4v) is 1.65. The number of rotatable bonds is 3. The minimum absolute atomic E-state index is 0.0657. The van der Waals surface area contributed by atoms with Crippen molar-refractivity contribution in [3.8, 4) is 0 Å². The molecule has 0 fully saturated rings. The lowest BCUT2D eigenvalue weighted by atomic mass is 10.4. The molecular formula is C8H6ClO2S-. The van der Waals surface area contributed by atoms with Crippen LogP contribution in [0.15, 0.2) is 29.2 Å². The van der Waals surface area contributed by atoms with Crippen molar-refractivity contribution in [2.75, 3.05) is 5.75 Å². The molecule has 0 amide bonds. The second-order valence-electron chi connectivity index (χ2n) is 2.09. The Morgan fingerprint density at radius 1 is 1.50 bits per heavy atom. The number of carbonyl (C=O) groups is 1. The molecule has 0 heterocycles. The van der Waals surface area contributed by atoms with Crippen molar-refractivity contribution >= 4 is 29.3 Å². The van der Waals surface area contributed by atoms with Gasteiger partial charge in [-0.2, -0.15) is 0 Å². The van der Waals surface area contributed by atoms with Gasteiger partial charge in [-0.05, 0) is 12.1 Å². The van der Waals surface area contributed by atoms with Gasteiger partial charge in [0.25, 0.3) is 0 Å². The van der Waals surface area contributed by atoms with Crippen LogP contribution in [0.2, 0.25) is 5.02 Å². The Bertz CT molecular complexity index is 288. The third kappa shape index (κ3) is 2.75. The molecule has 0 bridgehead atoms. The molecule has 2 nitrogen and oxygen atoms in total. The lowest BCUT2D eigenvalue weighted by Gasteiger charge is -2.03. The highest BCUT2D eigenvalue weighted by Gasteiger charge is 1.98. The minimum atomic E-state index is -1.08. The Labute approximate surface area is 79.5 Å². The van der Waals surface area contributed by atoms with Crippen molar-refractivity contribution in [2.45, 2.75) is 4.90 Å². The molecule has 0 unspecified atom stereocenters. The van der Waals surface area contributed by atoms with E-state index in [0.29, 0.717) is 5.02 Å². The molecule has 0 radical (unpaired) electrons. The molecule has 0 aliphatic rings. The van der Waals surface area contributed by atoms with Crippen LogP contribution >= 0.6 is 23.4 Å². The number of thioether (sulfide) groups is 1. The molecule has 12 heavy (non-hydrogen) atoms. The Morgan fingerprint density at radius 2 is 2.17 bits per heavy atom. The molecule has 0 aliphatic carbocycles. The SMILES string of the molecule is O=C([O-])CSc1ccccc1Cl. The maximum absolute atomic E-state index is 10.1. The fourth-order valence-electron chi connectivity index (χ4n) is 0.698. The third-order valence-corrected chi connectivity index (χ3v) is 2.67. The van der Waals surface area contributed by atoms with Crippen LogP contribution in [0.5, 0.6) is 0 Å². The monoisotopic (exact) mass is 201 g/mol. The molecule has 1 aromatic carbocycles. The summed E-state index contributed by atoms with van der Waals surface area (Å²) in [4.78, 5) is 10.9. The number of hydrogen-bond donors (Lipinski definition) is 0. The molecule has 64 valence electrons. The predicted molar refractivity (Wildman–Crippen MR) is 47.2 cm³/mol. The maximum Gasteiger partial charge on any atom is 0.0541 e. The van der Waals surface area contributed by atoms with Crippen LogP contribution in [-0.2, 0) is 4.79 Å². The number of halogens is 1. The summed E-state index contributed by atoms with van der Waals surface area (Å²) >= 11 is 6.93. The first-order valence-electron chi connectivity index (χ1n) is 3.27. The summed E-state index contributed by atoms with van der Waals surface area (Å²) < 4.78 is 0. The molecule has 0 atom stereocenters. The largest absolute Gasteiger partial charge is 0.549 e. The van der Waals surface area contributed by atoms with Crippen LogP contribution in [0, 0.1) is 0 Å². The smallest absolute Gasteiger partial charge is 0.0541 e. The van der Waals surface area contributed by atoms with Crippen LogP contribution in [0.3, 0.4) is 0 Å². The highest BCUT2D eigenvalue weighted by Crippen LogP contribution is 2.25. The zero-order valence-corrected chi connectivity index (χ0v) is 7.69. The number of aliphatic carboxylic acids is 1. The summed E-state index contributed by atoms with van der Waals surface area (Å²) in [6.07, 6.45) is 0. The van der Waals surface area contributed by atoms with Crippen LogP contribution in [0.25, 0.3) is 0 Å². The Balaban J connectivity index is 2.63. The molecule has 0 saturated carbocycles. The first kappa shape index (κ1) is 9.42. The van der Waals surface area contributed by atoms with E-state index < -0.39 is 5.97 Å². The normalized spacial score (nSPS) is 9.75. The van der Waals surface area contributed by atoms with E-state index in [1.165, 1.54) is 0 Å². The van der Waals surface area contributed by atoms with Gasteiger partial charge < -0.3 is 9.90 Å². The molecule has 0 aromatic heterocycles. The standard InChI is InChI=1S/C8H7ClO2S/c9-6-3-1-2-4-7(6)12-5-8(10)11/h1-4H,5H2,(H,10,11)/p-1. The third-order valence-electron chi connectivity index (χ3n) is 1.18. The number of carboxylic acid groups (broad SMARTS) is 1. The summed E-state index contributed by atoms with van der Waals surface area (Å²) in [5, 5.41) is 10.7. The topological polar surface area (TPSA) is 40.1 Å². The summed E-state index contributed by atoms with van der Waals surface area (Å²) in [6, 6.07) is 7.10. The van der Waals surface area contributed by atoms with Crippen LogP contribution in [-0.4, -0.2) is 11.7 Å². The van der Waals surface area contributed by atoms with E-state index in [4.69, 9.17) is 11.6 Å². The summed E-state index contributed by atoms with van der Waals surface area (Å²) in [6.45, 7) is 0. The van der Waals surface area contributed by atoms with Gasteiger partial charge in [0.15, 0.2) is 0 Å². The first-order chi connectivity index (χ1) is 5.70. The molecule has 0 aliphatic heterocycles. The van der Waals surface area contributed by atoms with Crippen LogP contribution in [0.1, 0.15) is 0 Å². The quantitative estimate of drug-likeness (QED) is 0.690. The van der Waals surface area contributed by atoms with E-state index in [1.54, 1.807) is 18.2 Å². The zero-order valence-electron chi connectivity index (χ0n) is 6.12. The predicted octanol–water partition coefficient (Wildman–Crippen LogP) is 1.18. The Kier molecular flexibility index (Phi) is 3.44. The van der Waals surface area contributed by atoms with E-state index in [2.05, 4.69) is 0 Å². The minimum Gasteiger partial charge on any atom is -0.549 e. The summed E-state index contributed by atoms with van der Waals surface area (Å²) in [5.74, 6) is -1.15. The molecule has 1 aromatic rings. The first-order valence-corrected chi connectivity index (χ1v) is 4.63. The van der Waals surface area contributed by atoms with Crippen LogP contribution in [0.4, 0.5) is 0 Å². The zero-order chi connectivity index (χ0) is 8.97. The van der Waals surface area contributed by atoms with Gasteiger partial charge in [-0.1, -0.05) is 23.7 Å². The second-order valence-corrected chi connectivity index (χ2v) is 3.52. The number of carboxylic acids is 1. The van der Waals surface area contributed by atoms with E-state index in [0.717, 1.165) is 16.7 Å². The van der Waals surface area contributed by atoms with Gasteiger partial charge in [-0.3, -0.25) is 0 Å². The average Bonchev–Trinajstić information content (AvgIpc) is 2.03. The lowest BCUT2D eigenvalue weighted by molar-refractivity contribution is -0.301. The van der Waals surface area contributed by atoms with E-state index in [-0.39, 0.29) is 5.75 Å². The van der Waals surface area contributed by atoms with Crippen molar-refractivity contribution in [3.05, 3.63) is 29.3 Å². The van der Waals surface area contributed by atoms with Gasteiger partial charge >= 0.3 is 0 Å². The number of carbonyl (C=O) groups excluding carboxylic acids is 1. The van der Waals surface area contributed by atoms with Crippen molar-refractivity contribution in [3.63, 3.8) is 0 Å². The van der Waals surface area contributed by atoms with Gasteiger partial charge in [-0.15, -0.1) is 11.8 Å². The molecule has 0 spiro atoms. The van der Waals surface area contributed by atoms with E-state index in [1.807, 2.05) is 6.07 Å². The molecule has 4 heteroatoms. The highest BCUT2D eigenvalue weighted by molar-refractivity contribution is 8.00. The van der Waals surface area contributed by atoms with Gasteiger partial charge in [0.1, 0.15) is 0 Å². The Morgan fingerprint density at radius 3 is 2.75 bits per heavy atom. The maximum atomic E-state index is 10.1.